The van der Waals surface area contributed by atoms with Gasteiger partial charge in [0.15, 0.2) is 0 Å². The normalized spacial score (nSPS) is 17.8. The van der Waals surface area contributed by atoms with Gasteiger partial charge in [0.05, 0.1) is 45.2 Å². The van der Waals surface area contributed by atoms with Crippen LogP contribution in [0.4, 0.5) is 0 Å². The Morgan fingerprint density at radius 2 is 0.632 bits per heavy atom. The van der Waals surface area contributed by atoms with Crippen molar-refractivity contribution >= 4 is 160 Å². The predicted molar refractivity (Wildman–Crippen MR) is 443 cm³/mol. The van der Waals surface area contributed by atoms with Crippen LogP contribution >= 0.6 is 0 Å². The zero-order valence-corrected chi connectivity index (χ0v) is 73.2. The highest BCUT2D eigenvalue weighted by Crippen LogP contribution is 2.27. The Balaban J connectivity index is 1.69. The van der Waals surface area contributed by atoms with E-state index in [4.69, 9.17) is 22.3 Å². The van der Waals surface area contributed by atoms with E-state index in [1.807, 2.05) is 10.6 Å². The van der Waals surface area contributed by atoms with E-state index in [0.717, 1.165) is 42.4 Å². The van der Waals surface area contributed by atoms with Crippen molar-refractivity contribution < 1.29 is 170 Å². The first kappa shape index (κ1) is 113. The maximum atomic E-state index is 14.2. The van der Waals surface area contributed by atoms with Crippen LogP contribution in [0.3, 0.4) is 0 Å². The number of aliphatic carboxylic acids is 6. The van der Waals surface area contributed by atoms with E-state index < -0.39 is 372 Å². The molecule has 133 heavy (non-hydrogen) atoms. The Labute approximate surface area is 756 Å². The molecule has 0 aliphatic carbocycles. The first-order valence-corrected chi connectivity index (χ1v) is 41.8. The number of likely N-dealkylation sites (tertiary alicyclic amines) is 3. The van der Waals surface area contributed by atoms with E-state index in [1.54, 1.807) is 0 Å². The van der Waals surface area contributed by atoms with Gasteiger partial charge in [0, 0.05) is 51.7 Å². The number of carbonyl (C=O) groups excluding carboxylic acids is 21. The molecule has 3 saturated heterocycles. The van der Waals surface area contributed by atoms with Gasteiger partial charge in [-0.15, -0.1) is 0 Å². The van der Waals surface area contributed by atoms with Crippen LogP contribution in [0.15, 0.2) is 0 Å². The zero-order valence-electron chi connectivity index (χ0n) is 73.2. The molecule has 57 nitrogen and oxygen atoms in total. The summed E-state index contributed by atoms with van der Waals surface area (Å²) >= 11 is 0. The fourth-order valence-electron chi connectivity index (χ4n) is 13.4. The second kappa shape index (κ2) is 54.9. The van der Waals surface area contributed by atoms with Crippen LogP contribution in [0.5, 0.6) is 0 Å². The standard InChI is InChI=1S/C76H116N22O35/c1-32(77)59(115)83-34(3)63(119)93-44(27-58(113)114)74(130)98-25-9-12-49(98)75(131)97-24-8-10-47(97)71(127)85-36(5)62(118)88-41(16-21-56(109)110)67(123)92-43(26-51(79)102)68(124)94-46(31-100)70(126)95-45(30-99)69(125)86-37(6)73(129)96-23-7-11-48(96)72(128)90-39(14-19-54(105)106)65(121)84-35(4)61(117)87-40(15-20-55(107)108)66(122)89-38(13-18-50(78)101)64(120)81-28-52(103)80-29-53(104)82-33(2)60(116)91-42(76(132)133)17-22-57(111)112/h32-49,99-100H,7-31,77H2,1-6H3,(H2,78,101)(H2,79,102)(H,80,103)(H,81,120)(H,82,104)(H,83,115)(H,84,121)(H,85,127)(H,86,125)(H,87,117)(H,88,118)(H,89,122)(H,90,128)(H,91,116)(H,92,123)(H,93,119)(H,94,124)(H,95,126)(H,105,106)(H,107,108)(H,109,110)(H,111,112)(H,113,114)(H,132,133)/t32-,33-,34-,35-,36-,37-,38-,39-,40-,41-,42-,43-,44-,45-,46-,47-,48-,49-/m0/s1. The molecule has 3 fully saturated rings. The predicted octanol–water partition coefficient (Wildman–Crippen LogP) is -14.4. The van der Waals surface area contributed by atoms with Crippen LogP contribution in [0.1, 0.15) is 157 Å². The minimum atomic E-state index is -2.13. The molecule has 30 N–H and O–H groups in total. The molecule has 0 spiro atoms. The number of primary amides is 2. The number of carboxylic acids is 6. The number of rotatable bonds is 57. The molecule has 57 heteroatoms. The molecule has 0 bridgehead atoms. The molecule has 3 rings (SSSR count). The van der Waals surface area contributed by atoms with Crippen molar-refractivity contribution in [3.05, 3.63) is 0 Å². The minimum absolute atomic E-state index is 0.0160. The number of nitrogens with one attached hydrogen (secondary N) is 16. The summed E-state index contributed by atoms with van der Waals surface area (Å²) in [6.45, 7) is 2.30. The highest BCUT2D eigenvalue weighted by Gasteiger charge is 2.46. The smallest absolute Gasteiger partial charge is 0.326 e. The molecule has 0 radical (unpaired) electrons. The van der Waals surface area contributed by atoms with Crippen LogP contribution in [0, 0.1) is 0 Å². The van der Waals surface area contributed by atoms with E-state index in [1.165, 1.54) is 13.8 Å². The monoisotopic (exact) mass is 1900 g/mol. The molecule has 0 aromatic heterocycles. The summed E-state index contributed by atoms with van der Waals surface area (Å²) in [5, 5.41) is 112. The van der Waals surface area contributed by atoms with Crippen LogP contribution < -0.4 is 102 Å². The van der Waals surface area contributed by atoms with E-state index in [0.29, 0.717) is 0 Å². The highest BCUT2D eigenvalue weighted by molar-refractivity contribution is 6.03. The first-order valence-electron chi connectivity index (χ1n) is 41.8. The lowest BCUT2D eigenvalue weighted by Crippen LogP contribution is -2.61. The van der Waals surface area contributed by atoms with Gasteiger partial charge >= 0.3 is 35.8 Å². The van der Waals surface area contributed by atoms with E-state index in [-0.39, 0.29) is 58.2 Å². The average Bonchev–Trinajstić information content (AvgIpc) is 1.66. The number of nitrogens with zero attached hydrogens (tertiary/aromatic N) is 3. The SMILES string of the molecule is C[C@H](N)C(=O)N[C@@H](C)C(=O)N[C@@H](CC(=O)O)C(=O)N1CCC[C@H]1C(=O)N1CCC[C@H]1C(=O)N[C@@H](C)C(=O)N[C@@H](CCC(=O)O)C(=O)N[C@@H](CC(N)=O)C(=O)N[C@@H](CO)C(=O)N[C@@H](CO)C(=O)N[C@@H](C)C(=O)N1CCC[C@H]1C(=O)N[C@@H](CCC(=O)O)C(=O)N[C@@H](C)C(=O)N[C@@H](CCC(=O)O)C(=O)N[C@@H](CCC(N)=O)C(=O)NCC(=O)NCC(=O)N[C@@H](C)C(=O)N[C@@H](CCC(=O)O)C(=O)O. The van der Waals surface area contributed by atoms with Crippen molar-refractivity contribution in [1.82, 2.24) is 99.8 Å². The van der Waals surface area contributed by atoms with Gasteiger partial charge in [-0.1, -0.05) is 0 Å². The number of carboxylic acid groups (broad SMARTS) is 6. The van der Waals surface area contributed by atoms with Gasteiger partial charge in [-0.2, -0.15) is 0 Å². The van der Waals surface area contributed by atoms with Crippen molar-refractivity contribution in [3.63, 3.8) is 0 Å². The van der Waals surface area contributed by atoms with E-state index >= 15 is 0 Å². The molecule has 21 amide bonds. The van der Waals surface area contributed by atoms with Crippen molar-refractivity contribution in [3.8, 4) is 0 Å². The molecule has 18 atom stereocenters. The summed E-state index contributed by atoms with van der Waals surface area (Å²) < 4.78 is 0. The number of hydrogen-bond donors (Lipinski definition) is 27. The zero-order chi connectivity index (χ0) is 101. The summed E-state index contributed by atoms with van der Waals surface area (Å²) in [6, 6.07) is -29.7. The number of nitrogens with two attached hydrogens (primary N) is 3. The molecule has 0 unspecified atom stereocenters. The first-order chi connectivity index (χ1) is 62.2. The number of aliphatic hydroxyl groups is 2. The topological polar surface area (TPSA) is 903 Å². The third-order valence-corrected chi connectivity index (χ3v) is 20.6. The fraction of sp³-hybridized carbons (Fsp3) is 0.645. The Morgan fingerprint density at radius 1 is 0.301 bits per heavy atom. The van der Waals surface area contributed by atoms with Gasteiger partial charge in [0.2, 0.25) is 124 Å². The van der Waals surface area contributed by atoms with Crippen LogP contribution in [-0.2, 0) is 129 Å². The van der Waals surface area contributed by atoms with Crippen LogP contribution in [-0.4, -0.2) is 370 Å². The Bertz CT molecular complexity index is 4360. The molecule has 3 aliphatic rings. The highest BCUT2D eigenvalue weighted by atomic mass is 16.4. The third-order valence-electron chi connectivity index (χ3n) is 20.6. The summed E-state index contributed by atoms with van der Waals surface area (Å²) in [5.74, 6) is -32.5. The van der Waals surface area contributed by atoms with Crippen molar-refractivity contribution in [2.75, 3.05) is 45.9 Å². The van der Waals surface area contributed by atoms with Gasteiger partial charge in [0.25, 0.3) is 0 Å². The number of aliphatic hydroxyl groups excluding tert-OH is 2. The van der Waals surface area contributed by atoms with E-state index in [9.17, 15) is 165 Å². The van der Waals surface area contributed by atoms with E-state index in [2.05, 4.69) is 74.4 Å². The summed E-state index contributed by atoms with van der Waals surface area (Å²) in [4.78, 5) is 354. The Kier molecular flexibility index (Phi) is 46.5. The van der Waals surface area contributed by atoms with Gasteiger partial charge < -0.3 is 158 Å². The number of carbonyl (C=O) groups is 27. The maximum Gasteiger partial charge on any atom is 0.326 e. The molecular formula is C76H116N22O35. The lowest BCUT2D eigenvalue weighted by molar-refractivity contribution is -0.149. The maximum absolute atomic E-state index is 14.2. The van der Waals surface area contributed by atoms with Gasteiger partial charge in [-0.25, -0.2) is 4.79 Å². The van der Waals surface area contributed by atoms with Crippen molar-refractivity contribution in [2.24, 2.45) is 17.2 Å². The van der Waals surface area contributed by atoms with Gasteiger partial charge in [-0.3, -0.25) is 125 Å². The third kappa shape index (κ3) is 38.3. The molecule has 0 aromatic carbocycles. The summed E-state index contributed by atoms with van der Waals surface area (Å²) in [7, 11) is 0. The lowest BCUT2D eigenvalue weighted by Gasteiger charge is -2.33. The van der Waals surface area contributed by atoms with Crippen LogP contribution in [0.2, 0.25) is 0 Å². The van der Waals surface area contributed by atoms with Gasteiger partial charge in [-0.05, 0) is 112 Å². The Hall–Kier alpha value is -14.4. The van der Waals surface area contributed by atoms with Crippen LogP contribution in [0.25, 0.3) is 0 Å². The quantitative estimate of drug-likeness (QED) is 0.0269. The summed E-state index contributed by atoms with van der Waals surface area (Å²) in [6.07, 6.45) is -8.49. The number of amides is 21. The average molecular weight is 1900 g/mol. The second-order valence-corrected chi connectivity index (χ2v) is 31.3. The van der Waals surface area contributed by atoms with Crippen molar-refractivity contribution in [2.45, 2.75) is 266 Å². The Morgan fingerprint density at radius 3 is 1.08 bits per heavy atom. The summed E-state index contributed by atoms with van der Waals surface area (Å²) in [5.41, 5.74) is 16.2. The minimum Gasteiger partial charge on any atom is -0.481 e. The molecule has 740 valence electrons. The largest absolute Gasteiger partial charge is 0.481 e. The fourth-order valence-corrected chi connectivity index (χ4v) is 13.4. The van der Waals surface area contributed by atoms with Gasteiger partial charge in [0.1, 0.15) is 103 Å². The molecule has 3 aliphatic heterocycles. The van der Waals surface area contributed by atoms with Crippen molar-refractivity contribution in [1.29, 1.82) is 0 Å². The molecule has 0 aromatic rings. The lowest BCUT2D eigenvalue weighted by atomic mass is 10.1. The molecular weight excluding hydrogens is 1780 g/mol. The molecule has 0 saturated carbocycles. The second-order valence-electron chi connectivity index (χ2n) is 31.3. The molecule has 3 heterocycles. The number of hydrogen-bond acceptors (Lipinski definition) is 30.